The number of carboxylic acid groups (broad SMARTS) is 4. The summed E-state index contributed by atoms with van der Waals surface area (Å²) in [5, 5.41) is 41.6. The number of carboxylic acids is 4. The van der Waals surface area contributed by atoms with Crippen molar-refractivity contribution < 1.29 is 39.6 Å². The summed E-state index contributed by atoms with van der Waals surface area (Å²) in [4.78, 5) is 111. The molecule has 12 rings (SSSR count). The second-order valence-corrected chi connectivity index (χ2v) is 32.0. The lowest BCUT2D eigenvalue weighted by Crippen LogP contribution is -2.14. The van der Waals surface area contributed by atoms with E-state index in [-0.39, 0.29) is 64.5 Å². The molecule has 0 fully saturated rings. The Hall–Kier alpha value is -10.6. The largest absolute Gasteiger partial charge is 0.478 e. The fraction of sp³-hybridized carbons (Fsp3) is 0.434. The second kappa shape index (κ2) is 47.6. The van der Waals surface area contributed by atoms with Crippen LogP contribution in [0.15, 0.2) is 177 Å². The Balaban J connectivity index is 0.000000202. The van der Waals surface area contributed by atoms with Crippen molar-refractivity contribution in [2.24, 2.45) is 0 Å². The van der Waals surface area contributed by atoms with Crippen LogP contribution in [-0.2, 0) is 13.1 Å². The maximum absolute atomic E-state index is 13.5. The third-order valence-electron chi connectivity index (χ3n) is 22.2. The van der Waals surface area contributed by atoms with Gasteiger partial charge in [-0.2, -0.15) is 0 Å². The van der Waals surface area contributed by atoms with Crippen LogP contribution in [0.25, 0.3) is 87.2 Å². The van der Waals surface area contributed by atoms with Gasteiger partial charge in [0.15, 0.2) is 21.7 Å². The quantitative estimate of drug-likeness (QED) is 0.0154. The molecule has 0 aliphatic rings. The lowest BCUT2D eigenvalue weighted by atomic mass is 10.0. The third kappa shape index (κ3) is 26.7. The van der Waals surface area contributed by atoms with Gasteiger partial charge in [-0.1, -0.05) is 262 Å². The van der Waals surface area contributed by atoms with E-state index in [0.717, 1.165) is 12.1 Å². The Bertz CT molecular complexity index is 5130. The molecule has 0 saturated heterocycles. The number of nitrogens with zero attached hydrogens (tertiary/aromatic N) is 4. The van der Waals surface area contributed by atoms with E-state index in [9.17, 15) is 58.8 Å². The number of unbranched alkanes of at least 4 members (excludes halogenated alkanes) is 30. The average molecular weight is 1590 g/mol. The predicted octanol–water partition coefficient (Wildman–Crippen LogP) is 23.4. The van der Waals surface area contributed by atoms with E-state index in [1.165, 1.54) is 243 Å². The number of aromatic nitrogens is 4. The summed E-state index contributed by atoms with van der Waals surface area (Å²) >= 11 is 0. The van der Waals surface area contributed by atoms with Crippen molar-refractivity contribution in [1.29, 1.82) is 0 Å². The van der Waals surface area contributed by atoms with Crippen LogP contribution >= 0.6 is 0 Å². The summed E-state index contributed by atoms with van der Waals surface area (Å²) in [6.07, 6.45) is 46.6. The Labute approximate surface area is 689 Å². The molecule has 0 saturated carbocycles. The Morgan fingerprint density at radius 3 is 0.803 bits per heavy atom. The standard InChI is InChI=1S/2C29H18N2O6.2C20H43N.CH4/c2*32-26-18-5-1-3-7-22(18)30-23-12-21-25(13-20(23)26)31(24-8-4-2-6-19(24)27(21)33)14-15-9-16(28(34)35)11-17(10-15)29(36)37;2*1-4-5-6-7-8-9-10-11-12-13-14-15-16-17-18-19-20-21(2)3;/h2*1-13H,14H2,(H,30,32)(H,34,35)(H,36,37);2*4-20H2,1-3H3;1H4. The Kier molecular flexibility index (Phi) is 37.4. The molecular weight excluding hydrogens is 1470 g/mol. The number of fused-ring (bicyclic) bond motifs is 8. The molecule has 12 aromatic rings. The van der Waals surface area contributed by atoms with Crippen LogP contribution in [0.1, 0.15) is 279 Å². The summed E-state index contributed by atoms with van der Waals surface area (Å²) < 4.78 is 3.62. The monoisotopic (exact) mass is 1590 g/mol. The highest BCUT2D eigenvalue weighted by molar-refractivity contribution is 6.05. The van der Waals surface area contributed by atoms with Crippen molar-refractivity contribution in [2.75, 3.05) is 41.3 Å². The highest BCUT2D eigenvalue weighted by Gasteiger charge is 2.21. The first-order valence-corrected chi connectivity index (χ1v) is 42.7. The zero-order valence-corrected chi connectivity index (χ0v) is 69.3. The lowest BCUT2D eigenvalue weighted by molar-refractivity contribution is 0.0676. The third-order valence-corrected chi connectivity index (χ3v) is 22.2. The molecule has 0 atom stereocenters. The topological polar surface area (TPSA) is 265 Å². The van der Waals surface area contributed by atoms with E-state index >= 15 is 0 Å². The molecule has 18 heteroatoms. The number of hydrogen-bond donors (Lipinski definition) is 6. The number of H-pyrrole nitrogens is 2. The van der Waals surface area contributed by atoms with Gasteiger partial charge in [0.1, 0.15) is 0 Å². The van der Waals surface area contributed by atoms with Gasteiger partial charge in [-0.15, -0.1) is 0 Å². The van der Waals surface area contributed by atoms with E-state index in [2.05, 4.69) is 61.8 Å². The van der Waals surface area contributed by atoms with Gasteiger partial charge in [0.05, 0.1) is 55.4 Å². The molecular formula is C99H126N6O12. The zero-order chi connectivity index (χ0) is 82.9. The number of carbonyl (C=O) groups is 4. The first-order chi connectivity index (χ1) is 56.2. The summed E-state index contributed by atoms with van der Waals surface area (Å²) in [7, 11) is 8.69. The van der Waals surface area contributed by atoms with Crippen LogP contribution in [0.3, 0.4) is 0 Å². The van der Waals surface area contributed by atoms with Gasteiger partial charge in [-0.05, 0) is 174 Å². The number of aromatic amines is 2. The summed E-state index contributed by atoms with van der Waals surface area (Å²) in [6.45, 7) is 7.27. The van der Waals surface area contributed by atoms with Crippen LogP contribution < -0.4 is 21.7 Å². The SMILES string of the molecule is C.CCCCCCCCCCCCCCCCCCN(C)C.CCCCCCCCCCCCCCCCCCN(C)C.O=C(O)c1cc(Cn2c3ccccc3c(=O)c3cc4[nH]c5ccccc5c(=O)c4cc32)cc(C(=O)O)c1.O=C(O)c1cc(Cn2c3ccccc3c(=O)c3cc4[nH]c5ccccc5c(=O)c4cc32)cc(C(=O)O)c1. The zero-order valence-electron chi connectivity index (χ0n) is 69.3. The molecule has 0 radical (unpaired) electrons. The average Bonchev–Trinajstić information content (AvgIpc) is 0.738. The van der Waals surface area contributed by atoms with Crippen molar-refractivity contribution in [3.05, 3.63) is 232 Å². The maximum atomic E-state index is 13.5. The minimum Gasteiger partial charge on any atom is -0.478 e. The number of aromatic carboxylic acids is 4. The lowest BCUT2D eigenvalue weighted by Gasteiger charge is -2.17. The van der Waals surface area contributed by atoms with Crippen LogP contribution in [0, 0.1) is 0 Å². The molecule has 8 aromatic carbocycles. The van der Waals surface area contributed by atoms with Crippen molar-refractivity contribution in [3.63, 3.8) is 0 Å². The molecule has 4 aromatic heterocycles. The van der Waals surface area contributed by atoms with Gasteiger partial charge < -0.3 is 49.3 Å². The van der Waals surface area contributed by atoms with Crippen molar-refractivity contribution >= 4 is 111 Å². The van der Waals surface area contributed by atoms with Gasteiger partial charge in [-0.3, -0.25) is 19.2 Å². The second-order valence-electron chi connectivity index (χ2n) is 32.0. The number of nitrogens with one attached hydrogen (secondary N) is 2. The highest BCUT2D eigenvalue weighted by atomic mass is 16.4. The van der Waals surface area contributed by atoms with Crippen LogP contribution in [-0.4, -0.2) is 114 Å². The molecule has 0 aliphatic carbocycles. The maximum Gasteiger partial charge on any atom is 0.335 e. The summed E-state index contributed by atoms with van der Waals surface area (Å²) in [6, 6.07) is 42.8. The fourth-order valence-electron chi connectivity index (χ4n) is 15.8. The van der Waals surface area contributed by atoms with E-state index < -0.39 is 23.9 Å². The van der Waals surface area contributed by atoms with Gasteiger partial charge in [0.25, 0.3) is 0 Å². The van der Waals surface area contributed by atoms with Gasteiger partial charge in [0, 0.05) is 67.2 Å². The number of rotatable bonds is 42. The van der Waals surface area contributed by atoms with Gasteiger partial charge >= 0.3 is 23.9 Å². The van der Waals surface area contributed by atoms with E-state index in [4.69, 9.17) is 0 Å². The molecule has 624 valence electrons. The Morgan fingerprint density at radius 1 is 0.282 bits per heavy atom. The summed E-state index contributed by atoms with van der Waals surface area (Å²) in [5.74, 6) is -4.99. The number of hydrogen-bond acceptors (Lipinski definition) is 10. The van der Waals surface area contributed by atoms with Gasteiger partial charge in [0.2, 0.25) is 0 Å². The van der Waals surface area contributed by atoms with Crippen LogP contribution in [0.5, 0.6) is 0 Å². The van der Waals surface area contributed by atoms with E-state index in [1.807, 2.05) is 21.3 Å². The molecule has 18 nitrogen and oxygen atoms in total. The van der Waals surface area contributed by atoms with Crippen molar-refractivity contribution in [3.8, 4) is 0 Å². The van der Waals surface area contributed by atoms with Crippen LogP contribution in [0.2, 0.25) is 0 Å². The molecule has 6 N–H and O–H groups in total. The molecule has 4 heterocycles. The molecule has 0 amide bonds. The molecule has 0 spiro atoms. The number of benzene rings is 8. The molecule has 117 heavy (non-hydrogen) atoms. The highest BCUT2D eigenvalue weighted by Crippen LogP contribution is 2.30. The Morgan fingerprint density at radius 2 is 0.530 bits per heavy atom. The summed E-state index contributed by atoms with van der Waals surface area (Å²) in [5.41, 5.74) is 3.95. The van der Waals surface area contributed by atoms with E-state index in [0.29, 0.717) is 98.4 Å². The predicted molar refractivity (Wildman–Crippen MR) is 485 cm³/mol. The van der Waals surface area contributed by atoms with Gasteiger partial charge in [-0.25, -0.2) is 19.2 Å². The van der Waals surface area contributed by atoms with E-state index in [1.54, 1.807) is 109 Å². The molecule has 0 bridgehead atoms. The van der Waals surface area contributed by atoms with Crippen molar-refractivity contribution in [1.82, 2.24) is 28.9 Å². The normalized spacial score (nSPS) is 11.4. The minimum atomic E-state index is -1.25. The number of para-hydroxylation sites is 4. The molecule has 0 unspecified atom stereocenters. The van der Waals surface area contributed by atoms with Crippen LogP contribution in [0.4, 0.5) is 0 Å². The number of pyridine rings is 4. The first-order valence-electron chi connectivity index (χ1n) is 42.7. The first kappa shape index (κ1) is 92.0. The fourth-order valence-corrected chi connectivity index (χ4v) is 15.8. The smallest absolute Gasteiger partial charge is 0.335 e. The molecule has 0 aliphatic heterocycles. The minimum absolute atomic E-state index is 0. The van der Waals surface area contributed by atoms with Crippen molar-refractivity contribution in [2.45, 2.75) is 240 Å².